The molecule has 1 saturated heterocycles. The number of aromatic hydroxyl groups is 1. The predicted octanol–water partition coefficient (Wildman–Crippen LogP) is 5.00. The minimum absolute atomic E-state index is 0.0212. The van der Waals surface area contributed by atoms with Crippen molar-refractivity contribution in [1.82, 2.24) is 4.90 Å². The standard InChI is InChI=1S/C33H37NO4/c1-36-33-14-13-31(23-10-12-25(28(23)33)37-19-21-5-3-2-4-6-21)26-17-22-9-11-24(35)29-27(22)32(31,30(33)38-29)15-16-34(26)18-20-7-8-20/h2-6,9,11,13-14,20,23,25-26,28,30,35H,7-8,10,12,15-19H2,1H3/t23-,25-,26-,28-,30+,31-,32+,33-/m1/s1. The lowest BCUT2D eigenvalue weighted by Crippen LogP contribution is -2.82. The first-order valence-electron chi connectivity index (χ1n) is 14.8. The molecular weight excluding hydrogens is 474 g/mol. The van der Waals surface area contributed by atoms with E-state index >= 15 is 0 Å². The van der Waals surface area contributed by atoms with Crippen molar-refractivity contribution in [3.63, 3.8) is 0 Å². The Labute approximate surface area is 224 Å². The van der Waals surface area contributed by atoms with E-state index in [1.165, 1.54) is 36.1 Å². The van der Waals surface area contributed by atoms with E-state index in [-0.39, 0.29) is 34.7 Å². The fourth-order valence-corrected chi connectivity index (χ4v) is 10.5. The highest BCUT2D eigenvalue weighted by molar-refractivity contribution is 5.65. The van der Waals surface area contributed by atoms with E-state index < -0.39 is 5.60 Å². The fourth-order valence-electron chi connectivity index (χ4n) is 10.5. The van der Waals surface area contributed by atoms with Gasteiger partial charge in [0.25, 0.3) is 0 Å². The van der Waals surface area contributed by atoms with Crippen molar-refractivity contribution in [2.24, 2.45) is 23.2 Å². The molecule has 0 radical (unpaired) electrons. The molecule has 2 aromatic rings. The number of phenolic OH excluding ortho intramolecular Hbond substituents is 1. The molecule has 0 aromatic heterocycles. The summed E-state index contributed by atoms with van der Waals surface area (Å²) >= 11 is 0. The SMILES string of the molecule is CO[C@]12C=C[C@@]3([C@@H]4CC[C@@H](OCc5ccccc5)[C@@H]41)[C@H]1Cc4ccc(O)c5c4[C@@]3(CCN1CC1CC1)[C@@H]2O5. The number of nitrogens with zero attached hydrogens (tertiary/aromatic N) is 1. The number of hydrogen-bond acceptors (Lipinski definition) is 5. The number of ether oxygens (including phenoxy) is 3. The molecule has 8 atom stereocenters. The van der Waals surface area contributed by atoms with Crippen LogP contribution in [0.2, 0.25) is 0 Å². The lowest BCUT2D eigenvalue weighted by Gasteiger charge is -2.73. The zero-order valence-electron chi connectivity index (χ0n) is 22.1. The Kier molecular flexibility index (Phi) is 4.40. The van der Waals surface area contributed by atoms with Gasteiger partial charge < -0.3 is 19.3 Å². The maximum absolute atomic E-state index is 11.1. The van der Waals surface area contributed by atoms with Crippen LogP contribution in [0.15, 0.2) is 54.6 Å². The van der Waals surface area contributed by atoms with Gasteiger partial charge in [-0.05, 0) is 74.1 Å². The molecular formula is C33H37NO4. The van der Waals surface area contributed by atoms with E-state index in [0.717, 1.165) is 43.9 Å². The van der Waals surface area contributed by atoms with Gasteiger partial charge in [0.15, 0.2) is 11.5 Å². The molecule has 8 aliphatic rings. The first-order valence-corrected chi connectivity index (χ1v) is 14.8. The molecule has 4 fully saturated rings. The average Bonchev–Trinajstić information content (AvgIpc) is 3.52. The van der Waals surface area contributed by atoms with E-state index in [2.05, 4.69) is 53.5 Å². The van der Waals surface area contributed by atoms with Crippen molar-refractivity contribution in [1.29, 1.82) is 0 Å². The second kappa shape index (κ2) is 7.44. The number of likely N-dealkylation sites (tertiary alicyclic amines) is 1. The maximum atomic E-state index is 11.1. The third kappa shape index (κ3) is 2.47. The Morgan fingerprint density at radius 1 is 1.05 bits per heavy atom. The van der Waals surface area contributed by atoms with Crippen LogP contribution in [0.3, 0.4) is 0 Å². The van der Waals surface area contributed by atoms with Gasteiger partial charge in [-0.3, -0.25) is 4.90 Å². The zero-order chi connectivity index (χ0) is 25.3. The van der Waals surface area contributed by atoms with E-state index in [1.54, 1.807) is 0 Å². The Bertz CT molecular complexity index is 1340. The van der Waals surface area contributed by atoms with E-state index in [1.807, 2.05) is 13.2 Å². The summed E-state index contributed by atoms with van der Waals surface area (Å²) < 4.78 is 20.4. The van der Waals surface area contributed by atoms with Crippen LogP contribution < -0.4 is 4.74 Å². The van der Waals surface area contributed by atoms with Crippen molar-refractivity contribution in [3.05, 3.63) is 71.3 Å². The van der Waals surface area contributed by atoms with Crippen LogP contribution >= 0.6 is 0 Å². The molecule has 4 bridgehead atoms. The van der Waals surface area contributed by atoms with Gasteiger partial charge in [-0.15, -0.1) is 0 Å². The van der Waals surface area contributed by atoms with Crippen LogP contribution in [-0.4, -0.2) is 54.1 Å². The lowest BCUT2D eigenvalue weighted by molar-refractivity contribution is -0.252. The van der Waals surface area contributed by atoms with Gasteiger partial charge >= 0.3 is 0 Å². The fraction of sp³-hybridized carbons (Fsp3) is 0.576. The van der Waals surface area contributed by atoms with Gasteiger partial charge in [0.05, 0.1) is 18.1 Å². The van der Waals surface area contributed by atoms with Crippen LogP contribution in [-0.2, 0) is 27.9 Å². The molecule has 3 saturated carbocycles. The van der Waals surface area contributed by atoms with Crippen molar-refractivity contribution in [2.75, 3.05) is 20.2 Å². The van der Waals surface area contributed by atoms with E-state index in [0.29, 0.717) is 18.6 Å². The van der Waals surface area contributed by atoms with Gasteiger partial charge in [-0.25, -0.2) is 0 Å². The number of rotatable bonds is 6. The highest BCUT2D eigenvalue weighted by Gasteiger charge is 2.83. The van der Waals surface area contributed by atoms with Gasteiger partial charge in [0, 0.05) is 36.6 Å². The molecule has 0 amide bonds. The average molecular weight is 512 g/mol. The quantitative estimate of drug-likeness (QED) is 0.554. The minimum atomic E-state index is -0.562. The van der Waals surface area contributed by atoms with Gasteiger partial charge in [0.2, 0.25) is 0 Å². The lowest BCUT2D eigenvalue weighted by atomic mass is 9.34. The highest BCUT2D eigenvalue weighted by atomic mass is 16.6. The van der Waals surface area contributed by atoms with E-state index in [9.17, 15) is 5.11 Å². The van der Waals surface area contributed by atoms with E-state index in [4.69, 9.17) is 14.2 Å². The Morgan fingerprint density at radius 2 is 1.92 bits per heavy atom. The molecule has 0 unspecified atom stereocenters. The van der Waals surface area contributed by atoms with Crippen LogP contribution in [0.25, 0.3) is 0 Å². The normalized spacial score (nSPS) is 43.1. The minimum Gasteiger partial charge on any atom is -0.504 e. The number of hydrogen-bond donors (Lipinski definition) is 1. The van der Waals surface area contributed by atoms with Crippen molar-refractivity contribution in [3.8, 4) is 11.5 Å². The zero-order valence-corrected chi connectivity index (χ0v) is 22.1. The Morgan fingerprint density at radius 3 is 2.74 bits per heavy atom. The summed E-state index contributed by atoms with van der Waals surface area (Å²) in [7, 11) is 1.87. The summed E-state index contributed by atoms with van der Waals surface area (Å²) in [6.07, 6.45) is 12.1. The predicted molar refractivity (Wildman–Crippen MR) is 143 cm³/mol. The summed E-state index contributed by atoms with van der Waals surface area (Å²) in [4.78, 5) is 2.86. The molecule has 1 N–H and O–H groups in total. The highest BCUT2D eigenvalue weighted by Crippen LogP contribution is 2.78. The number of piperidine rings is 1. The number of methoxy groups -OCH3 is 1. The second-order valence-corrected chi connectivity index (χ2v) is 13.2. The first-order chi connectivity index (χ1) is 18.6. The maximum Gasteiger partial charge on any atom is 0.165 e. The summed E-state index contributed by atoms with van der Waals surface area (Å²) in [6.45, 7) is 2.96. The van der Waals surface area contributed by atoms with Crippen molar-refractivity contribution in [2.45, 2.75) is 74.4 Å². The first kappa shape index (κ1) is 22.5. The molecule has 2 heterocycles. The molecule has 2 aromatic carbocycles. The summed E-state index contributed by atoms with van der Waals surface area (Å²) in [5.74, 6) is 2.60. The monoisotopic (exact) mass is 511 g/mol. The van der Waals surface area contributed by atoms with Crippen LogP contribution in [0.1, 0.15) is 48.8 Å². The molecule has 2 spiro atoms. The van der Waals surface area contributed by atoms with Crippen LogP contribution in [0, 0.1) is 23.2 Å². The van der Waals surface area contributed by atoms with Gasteiger partial charge in [-0.1, -0.05) is 48.6 Å². The molecule has 6 aliphatic carbocycles. The van der Waals surface area contributed by atoms with Crippen LogP contribution in [0.4, 0.5) is 0 Å². The molecule has 38 heavy (non-hydrogen) atoms. The third-order valence-corrected chi connectivity index (χ3v) is 11.9. The Hall–Kier alpha value is -2.34. The van der Waals surface area contributed by atoms with Gasteiger partial charge in [-0.2, -0.15) is 0 Å². The molecule has 10 rings (SSSR count). The molecule has 5 nitrogen and oxygen atoms in total. The number of phenols is 1. The summed E-state index contributed by atoms with van der Waals surface area (Å²) in [5, 5.41) is 11.1. The largest absolute Gasteiger partial charge is 0.504 e. The number of benzene rings is 2. The second-order valence-electron chi connectivity index (χ2n) is 13.2. The molecule has 5 heteroatoms. The van der Waals surface area contributed by atoms with Crippen molar-refractivity contribution < 1.29 is 19.3 Å². The molecule has 2 aliphatic heterocycles. The van der Waals surface area contributed by atoms with Crippen LogP contribution in [0.5, 0.6) is 11.5 Å². The Balaban J connectivity index is 1.21. The third-order valence-electron chi connectivity index (χ3n) is 11.9. The van der Waals surface area contributed by atoms with Crippen molar-refractivity contribution >= 4 is 0 Å². The topological polar surface area (TPSA) is 51.2 Å². The summed E-state index contributed by atoms with van der Waals surface area (Å²) in [5.41, 5.74) is 3.18. The van der Waals surface area contributed by atoms with Gasteiger partial charge in [0.1, 0.15) is 11.7 Å². The molecule has 198 valence electrons. The summed E-state index contributed by atoms with van der Waals surface area (Å²) in [6, 6.07) is 15.1. The smallest absolute Gasteiger partial charge is 0.165 e.